The molecule has 3 rings (SSSR count). The lowest BCUT2D eigenvalue weighted by molar-refractivity contribution is 0.361. The minimum absolute atomic E-state index is 0.660. The average molecular weight is 416 g/mol. The van der Waals surface area contributed by atoms with E-state index in [-0.39, 0.29) is 0 Å². The molecular weight excluding hydrogens is 390 g/mol. The van der Waals surface area contributed by atoms with Crippen molar-refractivity contribution in [2.24, 2.45) is 8.80 Å². The number of hydrogen-bond acceptors (Lipinski definition) is 8. The predicted octanol–water partition coefficient (Wildman–Crippen LogP) is 0.322. The molecule has 0 bridgehead atoms. The molecule has 26 heavy (non-hydrogen) atoms. The van der Waals surface area contributed by atoms with Crippen LogP contribution in [-0.2, 0) is 23.5 Å². The van der Waals surface area contributed by atoms with Gasteiger partial charge in [0.2, 0.25) is 0 Å². The van der Waals surface area contributed by atoms with Crippen LogP contribution in [0.4, 0.5) is 0 Å². The molecule has 8 nitrogen and oxygen atoms in total. The Morgan fingerprint density at radius 1 is 1.38 bits per heavy atom. The summed E-state index contributed by atoms with van der Waals surface area (Å²) in [4.78, 5) is 8.92. The van der Waals surface area contributed by atoms with Gasteiger partial charge in [0.05, 0.1) is 5.69 Å². The molecule has 3 heterocycles. The Labute approximate surface area is 165 Å². The third-order valence-electron chi connectivity index (χ3n) is 3.80. The van der Waals surface area contributed by atoms with Gasteiger partial charge in [-0.3, -0.25) is 0 Å². The Kier molecular flexibility index (Phi) is 7.43. The third-order valence-corrected chi connectivity index (χ3v) is 6.34. The van der Waals surface area contributed by atoms with E-state index in [2.05, 4.69) is 53.7 Å². The van der Waals surface area contributed by atoms with Crippen LogP contribution < -0.4 is 10.6 Å². The second-order valence-corrected chi connectivity index (χ2v) is 9.15. The Morgan fingerprint density at radius 3 is 2.96 bits per heavy atom. The van der Waals surface area contributed by atoms with Gasteiger partial charge in [0.25, 0.3) is 11.2 Å². The molecule has 2 aliphatic heterocycles. The summed E-state index contributed by atoms with van der Waals surface area (Å²) in [5.41, 5.74) is 1.14. The summed E-state index contributed by atoms with van der Waals surface area (Å²) in [6.45, 7) is 5.22. The summed E-state index contributed by atoms with van der Waals surface area (Å²) in [6.07, 6.45) is 0. The van der Waals surface area contributed by atoms with E-state index >= 15 is 0 Å². The molecule has 0 radical (unpaired) electrons. The van der Waals surface area contributed by atoms with Crippen LogP contribution in [0.1, 0.15) is 10.7 Å². The fourth-order valence-electron chi connectivity index (χ4n) is 2.63. The lowest BCUT2D eigenvalue weighted by Crippen LogP contribution is -2.50. The van der Waals surface area contributed by atoms with Crippen molar-refractivity contribution in [3.63, 3.8) is 0 Å². The zero-order valence-electron chi connectivity index (χ0n) is 15.1. The number of amidine groups is 2. The molecule has 1 saturated heterocycles. The first kappa shape index (κ1) is 19.7. The van der Waals surface area contributed by atoms with Crippen LogP contribution in [0.5, 0.6) is 0 Å². The minimum atomic E-state index is -1.49. The molecule has 0 aliphatic carbocycles. The second kappa shape index (κ2) is 9.79. The van der Waals surface area contributed by atoms with Crippen molar-refractivity contribution in [1.82, 2.24) is 25.4 Å². The Hall–Kier alpha value is -1.01. The molecule has 2 aliphatic rings. The number of aromatic nitrogens is 1. The van der Waals surface area contributed by atoms with Crippen LogP contribution in [0, 0.1) is 0 Å². The Balaban J connectivity index is 1.39. The zero-order chi connectivity index (χ0) is 18.4. The van der Waals surface area contributed by atoms with Crippen LogP contribution in [0.2, 0.25) is 0 Å². The summed E-state index contributed by atoms with van der Waals surface area (Å²) in [5, 5.41) is 9.90. The van der Waals surface area contributed by atoms with E-state index in [1.54, 1.807) is 11.3 Å². The number of nitrogens with zero attached hydrogens (tertiary/aromatic N) is 5. The topological polar surface area (TPSA) is 85.2 Å². The lowest BCUT2D eigenvalue weighted by Gasteiger charge is -2.29. The maximum Gasteiger partial charge on any atom is 0.269 e. The highest BCUT2D eigenvalue weighted by Gasteiger charge is 2.25. The Bertz CT molecular complexity index is 683. The van der Waals surface area contributed by atoms with Crippen molar-refractivity contribution in [1.29, 1.82) is 0 Å². The second-order valence-electron chi connectivity index (χ2n) is 6.27. The maximum absolute atomic E-state index is 11.7. The van der Waals surface area contributed by atoms with Gasteiger partial charge in [-0.15, -0.1) is 20.1 Å². The van der Waals surface area contributed by atoms with Crippen molar-refractivity contribution in [3.8, 4) is 0 Å². The molecule has 1 fully saturated rings. The standard InChI is InChI=1S/C15H25N7OS3/c1-21(2)9-13-18-12(11-25-13)10-24-8-5-17-14-15(20-26(23)19-14)22-6-3-16-4-7-22/h11,16H,3-10H2,1-2H3,(H,17,19). The van der Waals surface area contributed by atoms with Crippen LogP contribution >= 0.6 is 23.1 Å². The highest BCUT2D eigenvalue weighted by Crippen LogP contribution is 2.16. The molecule has 1 aromatic heterocycles. The SMILES string of the molecule is CN(C)Cc1nc(CSCCNC2=NS(=O)N=C2N2CCNCC2)cs1. The predicted molar refractivity (Wildman–Crippen MR) is 111 cm³/mol. The summed E-state index contributed by atoms with van der Waals surface area (Å²) >= 11 is 2.06. The summed E-state index contributed by atoms with van der Waals surface area (Å²) in [5.74, 6) is 3.24. The third kappa shape index (κ3) is 5.74. The van der Waals surface area contributed by atoms with Crippen molar-refractivity contribution < 1.29 is 4.21 Å². The van der Waals surface area contributed by atoms with E-state index in [1.165, 1.54) is 0 Å². The van der Waals surface area contributed by atoms with Gasteiger partial charge in [-0.2, -0.15) is 11.8 Å². The molecule has 1 atom stereocenters. The van der Waals surface area contributed by atoms with E-state index in [0.717, 1.165) is 67.3 Å². The number of rotatable bonds is 7. The molecule has 0 saturated carbocycles. The first-order valence-corrected chi connectivity index (χ1v) is 11.7. The smallest absolute Gasteiger partial charge is 0.269 e. The van der Waals surface area contributed by atoms with Gasteiger partial charge in [0.1, 0.15) is 5.01 Å². The van der Waals surface area contributed by atoms with Crippen LogP contribution in [0.15, 0.2) is 14.2 Å². The zero-order valence-corrected chi connectivity index (χ0v) is 17.6. The summed E-state index contributed by atoms with van der Waals surface area (Å²) < 4.78 is 20.0. The van der Waals surface area contributed by atoms with Crippen LogP contribution in [0.3, 0.4) is 0 Å². The van der Waals surface area contributed by atoms with Crippen molar-refractivity contribution in [3.05, 3.63) is 16.1 Å². The number of nitrogens with one attached hydrogen (secondary N) is 2. The van der Waals surface area contributed by atoms with E-state index in [0.29, 0.717) is 5.84 Å². The summed E-state index contributed by atoms with van der Waals surface area (Å²) in [6, 6.07) is 0. The van der Waals surface area contributed by atoms with Crippen molar-refractivity contribution in [2.75, 3.05) is 52.6 Å². The minimum Gasteiger partial charge on any atom is -0.366 e. The highest BCUT2D eigenvalue weighted by molar-refractivity contribution is 7.98. The normalized spacial score (nSPS) is 20.4. The van der Waals surface area contributed by atoms with E-state index in [1.807, 2.05) is 11.8 Å². The molecule has 11 heteroatoms. The van der Waals surface area contributed by atoms with E-state index < -0.39 is 11.2 Å². The number of piperazine rings is 1. The fraction of sp³-hybridized carbons (Fsp3) is 0.667. The van der Waals surface area contributed by atoms with Crippen LogP contribution in [0.25, 0.3) is 0 Å². The largest absolute Gasteiger partial charge is 0.366 e. The highest BCUT2D eigenvalue weighted by atomic mass is 32.2. The molecule has 0 spiro atoms. The maximum atomic E-state index is 11.7. The first-order chi connectivity index (χ1) is 12.6. The van der Waals surface area contributed by atoms with Gasteiger partial charge >= 0.3 is 0 Å². The van der Waals surface area contributed by atoms with Gasteiger partial charge in [0.15, 0.2) is 11.7 Å². The molecular formula is C15H25N7OS3. The van der Waals surface area contributed by atoms with Crippen LogP contribution in [-0.4, -0.2) is 83.2 Å². The quantitative estimate of drug-likeness (QED) is 0.621. The van der Waals surface area contributed by atoms with Gasteiger partial charge in [-0.25, -0.2) is 9.19 Å². The fourth-order valence-corrected chi connectivity index (χ4v) is 5.09. The van der Waals surface area contributed by atoms with Gasteiger partial charge in [0, 0.05) is 56.2 Å². The van der Waals surface area contributed by atoms with Gasteiger partial charge in [-0.1, -0.05) is 0 Å². The molecule has 0 aromatic carbocycles. The molecule has 2 N–H and O–H groups in total. The number of thioether (sulfide) groups is 1. The number of thiazole rings is 1. The average Bonchev–Trinajstić information content (AvgIpc) is 3.21. The van der Waals surface area contributed by atoms with Crippen molar-refractivity contribution in [2.45, 2.75) is 12.3 Å². The molecule has 1 unspecified atom stereocenters. The van der Waals surface area contributed by atoms with E-state index in [4.69, 9.17) is 0 Å². The summed E-state index contributed by atoms with van der Waals surface area (Å²) in [7, 11) is 4.11. The monoisotopic (exact) mass is 415 g/mol. The van der Waals surface area contributed by atoms with Crippen molar-refractivity contribution >= 4 is 45.9 Å². The van der Waals surface area contributed by atoms with Gasteiger partial charge < -0.3 is 20.4 Å². The van der Waals surface area contributed by atoms with Gasteiger partial charge in [-0.05, 0) is 14.1 Å². The molecule has 0 amide bonds. The lowest BCUT2D eigenvalue weighted by atomic mass is 10.3. The number of hydrogen-bond donors (Lipinski definition) is 2. The Morgan fingerprint density at radius 2 is 2.19 bits per heavy atom. The molecule has 144 valence electrons. The first-order valence-electron chi connectivity index (χ1n) is 8.57. The van der Waals surface area contributed by atoms with E-state index in [9.17, 15) is 4.21 Å². The molecule has 1 aromatic rings.